The highest BCUT2D eigenvalue weighted by atomic mass is 16.3. The van der Waals surface area contributed by atoms with Gasteiger partial charge in [-0.3, -0.25) is 9.89 Å². The molecule has 17 heavy (non-hydrogen) atoms. The van der Waals surface area contributed by atoms with E-state index in [1.165, 1.54) is 18.2 Å². The van der Waals surface area contributed by atoms with E-state index in [2.05, 4.69) is 15.5 Å². The summed E-state index contributed by atoms with van der Waals surface area (Å²) in [6, 6.07) is 5.38. The highest BCUT2D eigenvalue weighted by molar-refractivity contribution is 6.05. The summed E-state index contributed by atoms with van der Waals surface area (Å²) in [5, 5.41) is 27.7. The van der Waals surface area contributed by atoms with Crippen LogP contribution in [-0.2, 0) is 0 Å². The lowest BCUT2D eigenvalue weighted by Crippen LogP contribution is -2.12. The van der Waals surface area contributed by atoms with Crippen LogP contribution >= 0.6 is 0 Å². The second-order valence-corrected chi connectivity index (χ2v) is 3.59. The highest BCUT2D eigenvalue weighted by Gasteiger charge is 2.13. The number of carbonyl (C=O) groups is 1. The van der Waals surface area contributed by atoms with Gasteiger partial charge in [-0.15, -0.1) is 0 Å². The van der Waals surface area contributed by atoms with Gasteiger partial charge in [-0.05, 0) is 25.1 Å². The number of nitrogens with one attached hydrogen (secondary N) is 2. The van der Waals surface area contributed by atoms with Gasteiger partial charge >= 0.3 is 0 Å². The minimum absolute atomic E-state index is 0.00865. The van der Waals surface area contributed by atoms with Gasteiger partial charge in [-0.2, -0.15) is 5.10 Å². The number of hydrogen-bond donors (Lipinski definition) is 4. The first-order chi connectivity index (χ1) is 8.06. The first-order valence-corrected chi connectivity index (χ1v) is 4.91. The molecule has 1 aromatic carbocycles. The Kier molecular flexibility index (Phi) is 2.70. The van der Waals surface area contributed by atoms with Crippen LogP contribution in [-0.4, -0.2) is 26.3 Å². The van der Waals surface area contributed by atoms with E-state index in [-0.39, 0.29) is 17.1 Å². The Labute approximate surface area is 96.9 Å². The van der Waals surface area contributed by atoms with Crippen LogP contribution in [0.1, 0.15) is 16.1 Å². The summed E-state index contributed by atoms with van der Waals surface area (Å²) in [6.45, 7) is 1.80. The summed E-state index contributed by atoms with van der Waals surface area (Å²) >= 11 is 0. The van der Waals surface area contributed by atoms with Crippen molar-refractivity contribution in [3.63, 3.8) is 0 Å². The first kappa shape index (κ1) is 11.0. The third kappa shape index (κ3) is 2.36. The SMILES string of the molecule is Cc1cc(NC(=O)c2cc(O)ccc2O)n[nH]1. The number of aryl methyl sites for hydroxylation is 1. The Morgan fingerprint density at radius 1 is 1.35 bits per heavy atom. The summed E-state index contributed by atoms with van der Waals surface area (Å²) in [6.07, 6.45) is 0. The maximum absolute atomic E-state index is 11.8. The molecule has 1 heterocycles. The zero-order chi connectivity index (χ0) is 12.4. The molecular weight excluding hydrogens is 222 g/mol. The number of carbonyl (C=O) groups excluding carboxylic acids is 1. The summed E-state index contributed by atoms with van der Waals surface area (Å²) in [5.41, 5.74) is 0.797. The lowest BCUT2D eigenvalue weighted by molar-refractivity contribution is 0.102. The van der Waals surface area contributed by atoms with Crippen LogP contribution in [0.15, 0.2) is 24.3 Å². The fourth-order valence-corrected chi connectivity index (χ4v) is 1.37. The molecule has 0 radical (unpaired) electrons. The molecule has 0 saturated carbocycles. The number of aromatic amines is 1. The van der Waals surface area contributed by atoms with E-state index >= 15 is 0 Å². The second kappa shape index (κ2) is 4.17. The Hall–Kier alpha value is -2.50. The predicted molar refractivity (Wildman–Crippen MR) is 61.0 cm³/mol. The highest BCUT2D eigenvalue weighted by Crippen LogP contribution is 2.22. The van der Waals surface area contributed by atoms with Crippen molar-refractivity contribution in [1.29, 1.82) is 0 Å². The number of phenols is 2. The molecule has 0 atom stereocenters. The van der Waals surface area contributed by atoms with E-state index in [1.807, 2.05) is 0 Å². The number of anilines is 1. The normalized spacial score (nSPS) is 10.2. The third-order valence-electron chi connectivity index (χ3n) is 2.17. The van der Waals surface area contributed by atoms with Crippen LogP contribution in [0.3, 0.4) is 0 Å². The number of amides is 1. The van der Waals surface area contributed by atoms with Gasteiger partial charge in [0.25, 0.3) is 5.91 Å². The average Bonchev–Trinajstić information content (AvgIpc) is 2.67. The lowest BCUT2D eigenvalue weighted by atomic mass is 10.2. The van der Waals surface area contributed by atoms with Crippen LogP contribution in [0.4, 0.5) is 5.82 Å². The molecule has 4 N–H and O–H groups in total. The van der Waals surface area contributed by atoms with Gasteiger partial charge in [0.2, 0.25) is 0 Å². The number of nitrogens with zero attached hydrogens (tertiary/aromatic N) is 1. The van der Waals surface area contributed by atoms with Crippen LogP contribution < -0.4 is 5.32 Å². The summed E-state index contributed by atoms with van der Waals surface area (Å²) in [4.78, 5) is 11.8. The largest absolute Gasteiger partial charge is 0.508 e. The zero-order valence-electron chi connectivity index (χ0n) is 9.06. The Morgan fingerprint density at radius 2 is 2.12 bits per heavy atom. The fourth-order valence-electron chi connectivity index (χ4n) is 1.37. The predicted octanol–water partition coefficient (Wildman–Crippen LogP) is 1.38. The van der Waals surface area contributed by atoms with Crippen LogP contribution in [0.5, 0.6) is 11.5 Å². The molecule has 6 heteroatoms. The van der Waals surface area contributed by atoms with E-state index in [1.54, 1.807) is 13.0 Å². The molecule has 2 aromatic rings. The molecule has 0 aliphatic carbocycles. The molecule has 0 bridgehead atoms. The minimum atomic E-state index is -0.537. The van der Waals surface area contributed by atoms with Crippen molar-refractivity contribution >= 4 is 11.7 Å². The van der Waals surface area contributed by atoms with Crippen molar-refractivity contribution in [2.75, 3.05) is 5.32 Å². The smallest absolute Gasteiger partial charge is 0.260 e. The van der Waals surface area contributed by atoms with Gasteiger partial charge in [0.05, 0.1) is 5.56 Å². The van der Waals surface area contributed by atoms with E-state index in [4.69, 9.17) is 0 Å². The summed E-state index contributed by atoms with van der Waals surface area (Å²) < 4.78 is 0. The third-order valence-corrected chi connectivity index (χ3v) is 2.17. The molecular formula is C11H11N3O3. The van der Waals surface area contributed by atoms with Gasteiger partial charge in [0.1, 0.15) is 11.5 Å². The summed E-state index contributed by atoms with van der Waals surface area (Å²) in [5.74, 6) is -0.473. The van der Waals surface area contributed by atoms with E-state index < -0.39 is 5.91 Å². The van der Waals surface area contributed by atoms with Crippen LogP contribution in [0, 0.1) is 6.92 Å². The number of phenolic OH excluding ortho intramolecular Hbond substituents is 2. The van der Waals surface area contributed by atoms with Crippen molar-refractivity contribution < 1.29 is 15.0 Å². The molecule has 0 aliphatic heterocycles. The molecule has 0 aliphatic rings. The van der Waals surface area contributed by atoms with Gasteiger partial charge in [-0.1, -0.05) is 0 Å². The Morgan fingerprint density at radius 3 is 2.76 bits per heavy atom. The van der Waals surface area contributed by atoms with Crippen molar-refractivity contribution in [2.24, 2.45) is 0 Å². The molecule has 6 nitrogen and oxygen atoms in total. The molecule has 88 valence electrons. The monoisotopic (exact) mass is 233 g/mol. The maximum Gasteiger partial charge on any atom is 0.260 e. The molecule has 0 unspecified atom stereocenters. The number of aromatic nitrogens is 2. The topological polar surface area (TPSA) is 98.2 Å². The number of H-pyrrole nitrogens is 1. The van der Waals surface area contributed by atoms with Crippen molar-refractivity contribution in [3.05, 3.63) is 35.5 Å². The number of benzene rings is 1. The number of rotatable bonds is 2. The Bertz CT molecular complexity index is 563. The zero-order valence-corrected chi connectivity index (χ0v) is 9.06. The molecule has 1 amide bonds. The van der Waals surface area contributed by atoms with E-state index in [0.717, 1.165) is 5.69 Å². The van der Waals surface area contributed by atoms with E-state index in [9.17, 15) is 15.0 Å². The number of aromatic hydroxyl groups is 2. The van der Waals surface area contributed by atoms with Crippen molar-refractivity contribution in [2.45, 2.75) is 6.92 Å². The molecule has 1 aromatic heterocycles. The van der Waals surface area contributed by atoms with Gasteiger partial charge in [-0.25, -0.2) is 0 Å². The molecule has 0 fully saturated rings. The van der Waals surface area contributed by atoms with Crippen molar-refractivity contribution in [1.82, 2.24) is 10.2 Å². The van der Waals surface area contributed by atoms with E-state index in [0.29, 0.717) is 5.82 Å². The molecule has 0 spiro atoms. The molecule has 0 saturated heterocycles. The van der Waals surface area contributed by atoms with Gasteiger partial charge in [0, 0.05) is 11.8 Å². The summed E-state index contributed by atoms with van der Waals surface area (Å²) in [7, 11) is 0. The van der Waals surface area contributed by atoms with Crippen LogP contribution in [0.2, 0.25) is 0 Å². The lowest BCUT2D eigenvalue weighted by Gasteiger charge is -2.04. The standard InChI is InChI=1S/C11H11N3O3/c1-6-4-10(14-13-6)12-11(17)8-5-7(15)2-3-9(8)16/h2-5,15-16H,1H3,(H2,12,13,14,17). The quantitative estimate of drug-likeness (QED) is 0.589. The molecule has 2 rings (SSSR count). The second-order valence-electron chi connectivity index (χ2n) is 3.59. The van der Waals surface area contributed by atoms with Crippen LogP contribution in [0.25, 0.3) is 0 Å². The number of hydrogen-bond acceptors (Lipinski definition) is 4. The minimum Gasteiger partial charge on any atom is -0.508 e. The van der Waals surface area contributed by atoms with Crippen molar-refractivity contribution in [3.8, 4) is 11.5 Å². The maximum atomic E-state index is 11.8. The van der Waals surface area contributed by atoms with Gasteiger partial charge in [0.15, 0.2) is 5.82 Å². The fraction of sp³-hybridized carbons (Fsp3) is 0.0909. The first-order valence-electron chi connectivity index (χ1n) is 4.91. The Balaban J connectivity index is 2.22. The van der Waals surface area contributed by atoms with Gasteiger partial charge < -0.3 is 15.5 Å². The average molecular weight is 233 g/mol.